The zero-order valence-corrected chi connectivity index (χ0v) is 15.6. The van der Waals surface area contributed by atoms with Gasteiger partial charge in [-0.25, -0.2) is 9.59 Å². The molecule has 2 atom stereocenters. The van der Waals surface area contributed by atoms with Gasteiger partial charge in [0, 0.05) is 12.5 Å². The Labute approximate surface area is 155 Å². The summed E-state index contributed by atoms with van der Waals surface area (Å²) in [4.78, 5) is 25.8. The van der Waals surface area contributed by atoms with E-state index in [-0.39, 0.29) is 24.6 Å². The number of alkyl halides is 2. The fraction of sp³-hybridized carbons (Fsp3) is 0.556. The quantitative estimate of drug-likeness (QED) is 0.799. The minimum Gasteiger partial charge on any atom is -0.504 e. The first-order chi connectivity index (χ1) is 12.5. The number of rotatable bonds is 4. The van der Waals surface area contributed by atoms with E-state index >= 15 is 0 Å². The van der Waals surface area contributed by atoms with E-state index in [4.69, 9.17) is 9.47 Å². The third-order valence-electron chi connectivity index (χ3n) is 4.07. The molecule has 0 radical (unpaired) electrons. The normalized spacial score (nSPS) is 19.9. The van der Waals surface area contributed by atoms with Gasteiger partial charge in [0.15, 0.2) is 11.5 Å². The molecule has 7 nitrogen and oxygen atoms in total. The number of likely N-dealkylation sites (tertiary alicyclic amines) is 1. The summed E-state index contributed by atoms with van der Waals surface area (Å²) in [5.74, 6) is -1.68. The number of hydrogen-bond donors (Lipinski definition) is 1. The number of aromatic hydroxyl groups is 1. The van der Waals surface area contributed by atoms with Crippen LogP contribution in [0.4, 0.5) is 13.6 Å². The van der Waals surface area contributed by atoms with Gasteiger partial charge in [0.2, 0.25) is 0 Å². The van der Waals surface area contributed by atoms with Crippen LogP contribution in [0.25, 0.3) is 0 Å². The zero-order valence-electron chi connectivity index (χ0n) is 15.6. The molecule has 27 heavy (non-hydrogen) atoms. The molecule has 1 unspecified atom stereocenters. The maximum Gasteiger partial charge on any atom is 0.411 e. The van der Waals surface area contributed by atoms with Crippen LogP contribution in [0.1, 0.15) is 38.7 Å². The highest BCUT2D eigenvalue weighted by Gasteiger charge is 2.42. The van der Waals surface area contributed by atoms with Gasteiger partial charge in [-0.2, -0.15) is 8.78 Å². The first-order valence-electron chi connectivity index (χ1n) is 8.37. The number of esters is 1. The summed E-state index contributed by atoms with van der Waals surface area (Å²) in [6.07, 6.45) is -0.400. The highest BCUT2D eigenvalue weighted by atomic mass is 19.3. The van der Waals surface area contributed by atoms with E-state index in [1.807, 2.05) is 0 Å². The highest BCUT2D eigenvalue weighted by Crippen LogP contribution is 2.37. The Hall–Kier alpha value is -2.58. The number of carbonyl (C=O) groups excluding carboxylic acids is 2. The molecule has 9 heteroatoms. The number of nitrogens with zero attached hydrogens (tertiary/aromatic N) is 1. The minimum absolute atomic E-state index is 0.156. The van der Waals surface area contributed by atoms with E-state index in [9.17, 15) is 23.5 Å². The first-order valence-corrected chi connectivity index (χ1v) is 8.37. The molecule has 1 heterocycles. The van der Waals surface area contributed by atoms with Gasteiger partial charge >= 0.3 is 18.7 Å². The van der Waals surface area contributed by atoms with Gasteiger partial charge in [0.05, 0.1) is 7.11 Å². The molecule has 2 rings (SSSR count). The lowest BCUT2D eigenvalue weighted by Gasteiger charge is -2.27. The molecule has 1 saturated heterocycles. The van der Waals surface area contributed by atoms with Crippen LogP contribution in [-0.2, 0) is 14.3 Å². The van der Waals surface area contributed by atoms with Gasteiger partial charge in [-0.3, -0.25) is 4.90 Å². The largest absolute Gasteiger partial charge is 0.504 e. The third-order valence-corrected chi connectivity index (χ3v) is 4.07. The fourth-order valence-corrected chi connectivity index (χ4v) is 2.94. The molecule has 1 N–H and O–H groups in total. The average Bonchev–Trinajstić information content (AvgIpc) is 2.99. The number of amides is 1. The number of phenolic OH excluding ortho intramolecular Hbond substituents is 1. The molecular weight excluding hydrogens is 364 g/mol. The molecule has 1 amide bonds. The summed E-state index contributed by atoms with van der Waals surface area (Å²) < 4.78 is 39.0. The van der Waals surface area contributed by atoms with Crippen LogP contribution >= 0.6 is 0 Å². The molecule has 1 aromatic rings. The molecule has 0 spiro atoms. The Bertz CT molecular complexity index is 704. The van der Waals surface area contributed by atoms with Crippen molar-refractivity contribution in [1.82, 2.24) is 4.90 Å². The smallest absolute Gasteiger partial charge is 0.411 e. The van der Waals surface area contributed by atoms with Gasteiger partial charge in [-0.05, 0) is 44.9 Å². The monoisotopic (exact) mass is 387 g/mol. The average molecular weight is 387 g/mol. The zero-order chi connectivity index (χ0) is 20.4. The van der Waals surface area contributed by atoms with Crippen molar-refractivity contribution in [2.75, 3.05) is 13.7 Å². The Morgan fingerprint density at radius 3 is 2.48 bits per heavy atom. The molecule has 0 aromatic heterocycles. The van der Waals surface area contributed by atoms with Crippen LogP contribution in [0, 0.1) is 0 Å². The van der Waals surface area contributed by atoms with E-state index in [1.165, 1.54) is 30.2 Å². The van der Waals surface area contributed by atoms with Crippen LogP contribution < -0.4 is 4.74 Å². The van der Waals surface area contributed by atoms with Crippen molar-refractivity contribution in [2.45, 2.75) is 51.4 Å². The molecule has 0 aliphatic carbocycles. The summed E-state index contributed by atoms with van der Waals surface area (Å²) in [5.41, 5.74) is -0.156. The first kappa shape index (κ1) is 20.7. The SMILES string of the molecule is COC(=O)[C@H]1CC(c2ccc(OC(F)F)c(O)c2)CN1C(=O)OC(C)(C)C. The molecule has 0 bridgehead atoms. The number of hydrogen-bond acceptors (Lipinski definition) is 6. The van der Waals surface area contributed by atoms with E-state index in [2.05, 4.69) is 4.74 Å². The number of ether oxygens (including phenoxy) is 3. The molecule has 150 valence electrons. The van der Waals surface area contributed by atoms with Crippen LogP contribution in [0.2, 0.25) is 0 Å². The lowest BCUT2D eigenvalue weighted by atomic mass is 9.96. The third kappa shape index (κ3) is 5.21. The van der Waals surface area contributed by atoms with E-state index < -0.39 is 36.1 Å². The number of phenols is 1. The van der Waals surface area contributed by atoms with E-state index in [1.54, 1.807) is 20.8 Å². The molecule has 0 saturated carbocycles. The number of methoxy groups -OCH3 is 1. The van der Waals surface area contributed by atoms with Crippen molar-refractivity contribution >= 4 is 12.1 Å². The summed E-state index contributed by atoms with van der Waals surface area (Å²) in [6.45, 7) is 2.24. The second-order valence-electron chi connectivity index (χ2n) is 7.21. The second-order valence-corrected chi connectivity index (χ2v) is 7.21. The van der Waals surface area contributed by atoms with E-state index in [0.717, 1.165) is 0 Å². The Morgan fingerprint density at radius 2 is 1.96 bits per heavy atom. The second kappa shape index (κ2) is 7.98. The molecule has 1 aliphatic rings. The lowest BCUT2D eigenvalue weighted by molar-refractivity contribution is -0.145. The van der Waals surface area contributed by atoms with Crippen LogP contribution in [0.15, 0.2) is 18.2 Å². The highest BCUT2D eigenvalue weighted by molar-refractivity contribution is 5.82. The van der Waals surface area contributed by atoms with Crippen LogP contribution in [0.5, 0.6) is 11.5 Å². The van der Waals surface area contributed by atoms with Crippen molar-refractivity contribution < 1.29 is 37.7 Å². The summed E-state index contributed by atoms with van der Waals surface area (Å²) in [5, 5.41) is 9.89. The van der Waals surface area contributed by atoms with Crippen molar-refractivity contribution in [3.8, 4) is 11.5 Å². The van der Waals surface area contributed by atoms with Gasteiger partial charge < -0.3 is 19.3 Å². The van der Waals surface area contributed by atoms with Gasteiger partial charge in [-0.15, -0.1) is 0 Å². The van der Waals surface area contributed by atoms with Gasteiger partial charge in [0.25, 0.3) is 0 Å². The number of carbonyl (C=O) groups is 2. The topological polar surface area (TPSA) is 85.3 Å². The predicted molar refractivity (Wildman–Crippen MR) is 90.8 cm³/mol. The summed E-state index contributed by atoms with van der Waals surface area (Å²) in [6, 6.07) is 3.18. The van der Waals surface area contributed by atoms with Crippen molar-refractivity contribution in [3.63, 3.8) is 0 Å². The lowest BCUT2D eigenvalue weighted by Crippen LogP contribution is -2.43. The van der Waals surface area contributed by atoms with Crippen LogP contribution in [-0.4, -0.2) is 54.0 Å². The molecule has 1 aromatic carbocycles. The molecular formula is C18H23F2NO6. The number of benzene rings is 1. The van der Waals surface area contributed by atoms with Crippen LogP contribution in [0.3, 0.4) is 0 Å². The Kier molecular flexibility index (Phi) is 6.12. The maximum absolute atomic E-state index is 12.5. The number of halogens is 2. The molecule has 1 fully saturated rings. The fourth-order valence-electron chi connectivity index (χ4n) is 2.94. The van der Waals surface area contributed by atoms with Gasteiger partial charge in [0.1, 0.15) is 11.6 Å². The Morgan fingerprint density at radius 1 is 1.30 bits per heavy atom. The standard InChI is InChI=1S/C18H23F2NO6/c1-18(2,3)27-17(24)21-9-11(7-12(21)15(23)25-4)10-5-6-14(13(22)8-10)26-16(19)20/h5-6,8,11-12,16,22H,7,9H2,1-4H3/t11?,12-/m1/s1. The Balaban J connectivity index is 2.23. The van der Waals surface area contributed by atoms with Gasteiger partial charge in [-0.1, -0.05) is 6.07 Å². The summed E-state index contributed by atoms with van der Waals surface area (Å²) in [7, 11) is 1.23. The summed E-state index contributed by atoms with van der Waals surface area (Å²) >= 11 is 0. The van der Waals surface area contributed by atoms with Crippen molar-refractivity contribution in [3.05, 3.63) is 23.8 Å². The van der Waals surface area contributed by atoms with Crippen molar-refractivity contribution in [1.29, 1.82) is 0 Å². The minimum atomic E-state index is -3.06. The van der Waals surface area contributed by atoms with E-state index in [0.29, 0.717) is 5.56 Å². The molecule has 1 aliphatic heterocycles. The van der Waals surface area contributed by atoms with Crippen molar-refractivity contribution in [2.24, 2.45) is 0 Å². The predicted octanol–water partition coefficient (Wildman–Crippen LogP) is 3.26. The maximum atomic E-state index is 12.5.